The van der Waals surface area contributed by atoms with Crippen LogP contribution in [0.3, 0.4) is 0 Å². The summed E-state index contributed by atoms with van der Waals surface area (Å²) in [7, 11) is 2.24. The minimum absolute atomic E-state index is 0.495. The van der Waals surface area contributed by atoms with E-state index in [0.717, 1.165) is 25.6 Å². The lowest BCUT2D eigenvalue weighted by Crippen LogP contribution is -2.34. The third-order valence-electron chi connectivity index (χ3n) is 5.98. The topological polar surface area (TPSA) is 3.24 Å². The highest BCUT2D eigenvalue weighted by Gasteiger charge is 2.41. The normalized spacial score (nSPS) is 28.6. The molecule has 0 N–H and O–H groups in total. The van der Waals surface area contributed by atoms with Gasteiger partial charge >= 0.3 is 0 Å². The lowest BCUT2D eigenvalue weighted by Gasteiger charge is -2.32. The first-order valence-corrected chi connectivity index (χ1v) is 8.60. The molecule has 2 rings (SSSR count). The third kappa shape index (κ3) is 3.53. The van der Waals surface area contributed by atoms with Crippen molar-refractivity contribution < 1.29 is 0 Å². The standard InChI is InChI=1S/C19H32BN/c1-7-9-16-12-17(10-11-18(16)21(6)8-2)20-13-15(3)19(4,5)14-20/h7,10,12,15,18H,1,8-9,11,13-14H2,2-6H3. The summed E-state index contributed by atoms with van der Waals surface area (Å²) in [6, 6.07) is 0.573. The van der Waals surface area contributed by atoms with Gasteiger partial charge in [0.1, 0.15) is 0 Å². The Bertz CT molecular complexity index is 446. The summed E-state index contributed by atoms with van der Waals surface area (Å²) in [5, 5.41) is 0. The van der Waals surface area contributed by atoms with Gasteiger partial charge in [-0.1, -0.05) is 64.0 Å². The second-order valence-electron chi connectivity index (χ2n) is 7.77. The SMILES string of the molecule is C=CCC1=CC(B2CC(C)C(C)(C)C2)=CCC1N(C)CC. The van der Waals surface area contributed by atoms with Crippen LogP contribution in [0.15, 0.2) is 35.9 Å². The Morgan fingerprint density at radius 3 is 2.71 bits per heavy atom. The first kappa shape index (κ1) is 16.6. The highest BCUT2D eigenvalue weighted by molar-refractivity contribution is 6.68. The first-order chi connectivity index (χ1) is 9.89. The van der Waals surface area contributed by atoms with E-state index >= 15 is 0 Å². The molecule has 116 valence electrons. The molecule has 2 aliphatic rings. The lowest BCUT2D eigenvalue weighted by atomic mass is 9.41. The van der Waals surface area contributed by atoms with Crippen LogP contribution in [0.2, 0.25) is 12.6 Å². The number of hydrogen-bond acceptors (Lipinski definition) is 1. The Morgan fingerprint density at radius 2 is 2.19 bits per heavy atom. The molecular formula is C19H32BN. The van der Waals surface area contributed by atoms with Crippen LogP contribution in [0.25, 0.3) is 0 Å². The Kier molecular flexibility index (Phi) is 5.19. The van der Waals surface area contributed by atoms with Gasteiger partial charge in [0.25, 0.3) is 0 Å². The number of nitrogens with zero attached hydrogens (tertiary/aromatic N) is 1. The average molecular weight is 285 g/mol. The summed E-state index contributed by atoms with van der Waals surface area (Å²) in [5.41, 5.74) is 3.66. The summed E-state index contributed by atoms with van der Waals surface area (Å²) in [4.78, 5) is 2.46. The van der Waals surface area contributed by atoms with Crippen LogP contribution in [0.5, 0.6) is 0 Å². The van der Waals surface area contributed by atoms with Crippen molar-refractivity contribution in [2.24, 2.45) is 11.3 Å². The molecule has 1 saturated heterocycles. The molecule has 2 unspecified atom stereocenters. The zero-order valence-corrected chi connectivity index (χ0v) is 14.7. The maximum Gasteiger partial charge on any atom is 0.176 e. The number of allylic oxidation sites excluding steroid dienone is 3. The maximum absolute atomic E-state index is 3.95. The van der Waals surface area contributed by atoms with Crippen LogP contribution in [-0.4, -0.2) is 31.2 Å². The van der Waals surface area contributed by atoms with E-state index in [1.807, 2.05) is 0 Å². The fraction of sp³-hybridized carbons (Fsp3) is 0.684. The molecule has 1 aliphatic heterocycles. The molecular weight excluding hydrogens is 253 g/mol. The molecule has 1 nitrogen and oxygen atoms in total. The lowest BCUT2D eigenvalue weighted by molar-refractivity contribution is 0.282. The van der Waals surface area contributed by atoms with Gasteiger partial charge in [-0.15, -0.1) is 6.58 Å². The van der Waals surface area contributed by atoms with Crippen molar-refractivity contribution in [1.29, 1.82) is 0 Å². The molecule has 0 spiro atoms. The number of hydrogen-bond donors (Lipinski definition) is 0. The van der Waals surface area contributed by atoms with E-state index in [4.69, 9.17) is 0 Å². The summed E-state index contributed by atoms with van der Waals surface area (Å²) in [5.74, 6) is 0.829. The van der Waals surface area contributed by atoms with Gasteiger partial charge in [-0.3, -0.25) is 4.90 Å². The van der Waals surface area contributed by atoms with E-state index < -0.39 is 0 Å². The van der Waals surface area contributed by atoms with Crippen molar-refractivity contribution in [2.45, 2.75) is 59.2 Å². The second kappa shape index (κ2) is 6.56. The quantitative estimate of drug-likeness (QED) is 0.515. The average Bonchev–Trinajstić information content (AvgIpc) is 2.72. The molecule has 2 atom stereocenters. The fourth-order valence-electron chi connectivity index (χ4n) is 4.02. The van der Waals surface area contributed by atoms with Gasteiger partial charge in [-0.05, 0) is 43.3 Å². The molecule has 0 bridgehead atoms. The van der Waals surface area contributed by atoms with Gasteiger partial charge in [0.15, 0.2) is 6.71 Å². The Hall–Kier alpha value is -0.755. The maximum atomic E-state index is 3.95. The molecule has 1 fully saturated rings. The molecule has 21 heavy (non-hydrogen) atoms. The molecule has 0 aromatic carbocycles. The molecule has 2 heteroatoms. The predicted octanol–water partition coefficient (Wildman–Crippen LogP) is 4.85. The Morgan fingerprint density at radius 1 is 1.48 bits per heavy atom. The summed E-state index contributed by atoms with van der Waals surface area (Å²) in [6.45, 7) is 15.4. The first-order valence-electron chi connectivity index (χ1n) is 8.60. The van der Waals surface area contributed by atoms with Crippen molar-refractivity contribution in [2.75, 3.05) is 13.6 Å². The predicted molar refractivity (Wildman–Crippen MR) is 96.0 cm³/mol. The van der Waals surface area contributed by atoms with Crippen molar-refractivity contribution >= 4 is 6.71 Å². The van der Waals surface area contributed by atoms with Crippen LogP contribution in [0, 0.1) is 11.3 Å². The van der Waals surface area contributed by atoms with Crippen LogP contribution >= 0.6 is 0 Å². The largest absolute Gasteiger partial charge is 0.300 e. The number of rotatable bonds is 5. The molecule has 0 aromatic heterocycles. The van der Waals surface area contributed by atoms with Gasteiger partial charge in [0.05, 0.1) is 0 Å². The van der Waals surface area contributed by atoms with E-state index in [-0.39, 0.29) is 0 Å². The van der Waals surface area contributed by atoms with Gasteiger partial charge in [0.2, 0.25) is 0 Å². The van der Waals surface area contributed by atoms with E-state index in [1.165, 1.54) is 19.1 Å². The second-order valence-corrected chi connectivity index (χ2v) is 7.77. The smallest absolute Gasteiger partial charge is 0.176 e. The minimum Gasteiger partial charge on any atom is -0.300 e. The monoisotopic (exact) mass is 285 g/mol. The van der Waals surface area contributed by atoms with E-state index in [0.29, 0.717) is 11.5 Å². The van der Waals surface area contributed by atoms with Gasteiger partial charge in [-0.2, -0.15) is 0 Å². The van der Waals surface area contributed by atoms with E-state index in [2.05, 4.69) is 64.4 Å². The number of likely N-dealkylation sites (N-methyl/N-ethyl adjacent to an activating group) is 1. The molecule has 0 saturated carbocycles. The fourth-order valence-corrected chi connectivity index (χ4v) is 4.02. The van der Waals surface area contributed by atoms with Crippen molar-refractivity contribution in [3.63, 3.8) is 0 Å². The van der Waals surface area contributed by atoms with Crippen LogP contribution in [-0.2, 0) is 0 Å². The van der Waals surface area contributed by atoms with Crippen molar-refractivity contribution in [1.82, 2.24) is 4.90 Å². The van der Waals surface area contributed by atoms with Crippen LogP contribution in [0.1, 0.15) is 40.5 Å². The summed E-state index contributed by atoms with van der Waals surface area (Å²) < 4.78 is 0. The summed E-state index contributed by atoms with van der Waals surface area (Å²) >= 11 is 0. The van der Waals surface area contributed by atoms with E-state index in [9.17, 15) is 0 Å². The van der Waals surface area contributed by atoms with Gasteiger partial charge < -0.3 is 0 Å². The zero-order valence-electron chi connectivity index (χ0n) is 14.7. The Labute approximate surface area is 132 Å². The highest BCUT2D eigenvalue weighted by Crippen LogP contribution is 2.46. The van der Waals surface area contributed by atoms with Gasteiger partial charge in [-0.25, -0.2) is 0 Å². The van der Waals surface area contributed by atoms with Gasteiger partial charge in [0, 0.05) is 6.04 Å². The minimum atomic E-state index is 0.495. The molecule has 0 radical (unpaired) electrons. The van der Waals surface area contributed by atoms with Crippen molar-refractivity contribution in [3.05, 3.63) is 35.9 Å². The summed E-state index contributed by atoms with van der Waals surface area (Å²) in [6.07, 6.45) is 12.0. The Balaban J connectivity index is 2.16. The molecule has 0 aromatic rings. The highest BCUT2D eigenvalue weighted by atomic mass is 15.1. The molecule has 1 heterocycles. The molecule has 0 amide bonds. The van der Waals surface area contributed by atoms with Crippen LogP contribution in [0.4, 0.5) is 0 Å². The van der Waals surface area contributed by atoms with Crippen LogP contribution < -0.4 is 0 Å². The van der Waals surface area contributed by atoms with Crippen molar-refractivity contribution in [3.8, 4) is 0 Å². The third-order valence-corrected chi connectivity index (χ3v) is 5.98. The molecule has 1 aliphatic carbocycles. The van der Waals surface area contributed by atoms with E-state index in [1.54, 1.807) is 11.0 Å². The zero-order chi connectivity index (χ0) is 15.6.